The molecule has 6 heteroatoms. The second-order valence-electron chi connectivity index (χ2n) is 12.0. The van der Waals surface area contributed by atoms with Crippen LogP contribution in [-0.4, -0.2) is 16.7 Å². The van der Waals surface area contributed by atoms with Crippen molar-refractivity contribution in [3.63, 3.8) is 0 Å². The number of hydrogen-bond donors (Lipinski definition) is 1. The Kier molecular flexibility index (Phi) is 6.12. The third kappa shape index (κ3) is 4.97. The van der Waals surface area contributed by atoms with E-state index in [0.717, 1.165) is 47.9 Å². The van der Waals surface area contributed by atoms with Crippen LogP contribution in [0.3, 0.4) is 0 Å². The molecule has 0 spiro atoms. The van der Waals surface area contributed by atoms with E-state index in [1.54, 1.807) is 0 Å². The van der Waals surface area contributed by atoms with Gasteiger partial charge in [0.15, 0.2) is 4.80 Å². The Balaban J connectivity index is 1.04. The zero-order valence-electron chi connectivity index (χ0n) is 21.6. The Labute approximate surface area is 228 Å². The van der Waals surface area contributed by atoms with Gasteiger partial charge < -0.3 is 14.6 Å². The van der Waals surface area contributed by atoms with E-state index < -0.39 is 0 Å². The molecule has 5 fully saturated rings. The molecule has 0 unspecified atom stereocenters. The van der Waals surface area contributed by atoms with Crippen molar-refractivity contribution in [1.29, 1.82) is 0 Å². The maximum absolute atomic E-state index is 5.97. The Morgan fingerprint density at radius 2 is 1.54 bits per heavy atom. The summed E-state index contributed by atoms with van der Waals surface area (Å²) in [7, 11) is 0. The van der Waals surface area contributed by atoms with Crippen molar-refractivity contribution in [3.05, 3.63) is 68.9 Å². The van der Waals surface area contributed by atoms with E-state index in [1.165, 1.54) is 66.7 Å². The molecule has 0 amide bonds. The zero-order chi connectivity index (χ0) is 25.0. The molecular weight excluding hydrogens is 498 g/mol. The molecule has 1 aromatic heterocycles. The fourth-order valence-corrected chi connectivity index (χ4v) is 8.94. The Bertz CT molecular complexity index is 1300. The lowest BCUT2D eigenvalue weighted by atomic mass is 9.53. The van der Waals surface area contributed by atoms with E-state index >= 15 is 0 Å². The molecule has 2 aromatic carbocycles. The second kappa shape index (κ2) is 9.50. The molecule has 1 N–H and O–H groups in total. The van der Waals surface area contributed by atoms with E-state index in [1.807, 2.05) is 47.7 Å². The summed E-state index contributed by atoms with van der Waals surface area (Å²) in [5, 5.41) is 4.34. The van der Waals surface area contributed by atoms with Gasteiger partial charge in [-0.3, -0.25) is 4.99 Å². The van der Waals surface area contributed by atoms with Gasteiger partial charge in [0.2, 0.25) is 0 Å². The first-order valence-electron chi connectivity index (χ1n) is 14.1. The van der Waals surface area contributed by atoms with E-state index in [9.17, 15) is 0 Å². The summed E-state index contributed by atoms with van der Waals surface area (Å²) in [4.78, 5) is 8.42. The average molecular weight is 534 g/mol. The highest BCUT2D eigenvalue weighted by Crippen LogP contribution is 2.57. The van der Waals surface area contributed by atoms with Crippen LogP contribution in [-0.2, 0) is 6.42 Å². The molecular formula is C31H36ClN3OS. The molecule has 8 rings (SSSR count). The van der Waals surface area contributed by atoms with Crippen molar-refractivity contribution < 1.29 is 4.74 Å². The molecule has 194 valence electrons. The number of aromatic nitrogens is 1. The van der Waals surface area contributed by atoms with Gasteiger partial charge in [0, 0.05) is 40.3 Å². The summed E-state index contributed by atoms with van der Waals surface area (Å²) in [5.74, 6) is 4.44. The van der Waals surface area contributed by atoms with Crippen LogP contribution in [0.1, 0.15) is 68.0 Å². The number of nitrogens with zero attached hydrogens (tertiary/aromatic N) is 2. The largest absolute Gasteiger partial charge is 0.457 e. The van der Waals surface area contributed by atoms with Crippen molar-refractivity contribution in [2.24, 2.45) is 22.7 Å². The predicted octanol–water partition coefficient (Wildman–Crippen LogP) is 8.16. The normalized spacial score (nSPS) is 28.6. The quantitative estimate of drug-likeness (QED) is 0.317. The number of aryl methyl sites for hydroxylation is 1. The van der Waals surface area contributed by atoms with Crippen LogP contribution in [0.4, 0.5) is 5.69 Å². The molecule has 0 aliphatic heterocycles. The number of benzene rings is 2. The number of hydrogen-bond acceptors (Lipinski definition) is 4. The molecule has 0 saturated heterocycles. The summed E-state index contributed by atoms with van der Waals surface area (Å²) < 4.78 is 8.57. The summed E-state index contributed by atoms with van der Waals surface area (Å²) in [5.41, 5.74) is 2.85. The van der Waals surface area contributed by atoms with Gasteiger partial charge in [-0.25, -0.2) is 0 Å². The molecule has 3 aromatic rings. The fraction of sp³-hybridized carbons (Fsp3) is 0.516. The van der Waals surface area contributed by atoms with Crippen molar-refractivity contribution in [2.75, 3.05) is 11.9 Å². The molecule has 0 atom stereocenters. The van der Waals surface area contributed by atoms with Gasteiger partial charge in [-0.2, -0.15) is 0 Å². The monoisotopic (exact) mass is 533 g/mol. The lowest BCUT2D eigenvalue weighted by molar-refractivity contribution is -0.000408. The van der Waals surface area contributed by atoms with E-state index in [-0.39, 0.29) is 5.54 Å². The number of halogens is 1. The molecule has 1 heterocycles. The van der Waals surface area contributed by atoms with Gasteiger partial charge in [0.1, 0.15) is 11.5 Å². The Morgan fingerprint density at radius 1 is 0.946 bits per heavy atom. The van der Waals surface area contributed by atoms with Gasteiger partial charge >= 0.3 is 0 Å². The van der Waals surface area contributed by atoms with Crippen LogP contribution < -0.4 is 14.9 Å². The van der Waals surface area contributed by atoms with E-state index in [4.69, 9.17) is 21.3 Å². The lowest BCUT2D eigenvalue weighted by Gasteiger charge is -2.54. The lowest BCUT2D eigenvalue weighted by Crippen LogP contribution is -2.50. The third-order valence-electron chi connectivity index (χ3n) is 8.99. The zero-order valence-corrected chi connectivity index (χ0v) is 23.2. The van der Waals surface area contributed by atoms with Gasteiger partial charge in [-0.05, 0) is 125 Å². The molecule has 5 saturated carbocycles. The van der Waals surface area contributed by atoms with Crippen molar-refractivity contribution in [1.82, 2.24) is 4.57 Å². The smallest absolute Gasteiger partial charge is 0.185 e. The first-order chi connectivity index (χ1) is 18.0. The number of rotatable bonds is 8. The number of nitrogens with one attached hydrogen (secondary N) is 1. The topological polar surface area (TPSA) is 38.5 Å². The van der Waals surface area contributed by atoms with Crippen LogP contribution in [0.25, 0.3) is 0 Å². The average Bonchev–Trinajstić information content (AvgIpc) is 3.65. The highest BCUT2D eigenvalue weighted by molar-refractivity contribution is 7.09. The number of anilines is 1. The first kappa shape index (κ1) is 23.8. The molecule has 4 nitrogen and oxygen atoms in total. The predicted molar refractivity (Wildman–Crippen MR) is 152 cm³/mol. The minimum absolute atomic E-state index is 0.244. The molecule has 4 bridgehead atoms. The highest BCUT2D eigenvalue weighted by Gasteiger charge is 2.51. The standard InChI is InChI=1S/C31H36ClN3OS/c1-20-29(12-13-33-25-4-10-28(11-5-25)36-27-8-2-24(32)3-9-27)35(26-6-7-26)30(37-20)34-31-17-21-14-22(18-31)16-23(15-21)19-31/h2-5,8-11,21-23,26,33H,6-7,12-19H2,1H3. The van der Waals surface area contributed by atoms with Crippen LogP contribution in [0.15, 0.2) is 53.5 Å². The Hall–Kier alpha value is -2.24. The van der Waals surface area contributed by atoms with E-state index in [0.29, 0.717) is 11.1 Å². The third-order valence-corrected chi connectivity index (χ3v) is 10.3. The maximum atomic E-state index is 5.97. The van der Waals surface area contributed by atoms with Gasteiger partial charge in [0.25, 0.3) is 0 Å². The molecule has 5 aliphatic carbocycles. The summed E-state index contributed by atoms with van der Waals surface area (Å²) >= 11 is 7.92. The number of ether oxygens (including phenoxy) is 1. The first-order valence-corrected chi connectivity index (χ1v) is 15.3. The van der Waals surface area contributed by atoms with Gasteiger partial charge in [0.05, 0.1) is 5.54 Å². The van der Waals surface area contributed by atoms with Crippen LogP contribution >= 0.6 is 22.9 Å². The second-order valence-corrected chi connectivity index (χ2v) is 13.6. The van der Waals surface area contributed by atoms with Crippen LogP contribution in [0, 0.1) is 24.7 Å². The minimum atomic E-state index is 0.244. The summed E-state index contributed by atoms with van der Waals surface area (Å²) in [6.45, 7) is 3.22. The van der Waals surface area contributed by atoms with E-state index in [2.05, 4.69) is 28.9 Å². The van der Waals surface area contributed by atoms with Crippen molar-refractivity contribution in [3.8, 4) is 11.5 Å². The van der Waals surface area contributed by atoms with Gasteiger partial charge in [-0.1, -0.05) is 11.6 Å². The molecule has 0 radical (unpaired) electrons. The SMILES string of the molecule is Cc1sc(=NC23CC4CC(CC(C4)C2)C3)n(C2CC2)c1CCNc1ccc(Oc2ccc(Cl)cc2)cc1. The number of thiazole rings is 1. The minimum Gasteiger partial charge on any atom is -0.457 e. The summed E-state index contributed by atoms with van der Waals surface area (Å²) in [6, 6.07) is 16.3. The Morgan fingerprint density at radius 3 is 2.14 bits per heavy atom. The van der Waals surface area contributed by atoms with Crippen LogP contribution in [0.2, 0.25) is 5.02 Å². The van der Waals surface area contributed by atoms with Crippen molar-refractivity contribution >= 4 is 28.6 Å². The van der Waals surface area contributed by atoms with Crippen LogP contribution in [0.5, 0.6) is 11.5 Å². The molecule has 37 heavy (non-hydrogen) atoms. The summed E-state index contributed by atoms with van der Waals surface area (Å²) in [6.07, 6.45) is 12.1. The van der Waals surface area contributed by atoms with Crippen molar-refractivity contribution in [2.45, 2.75) is 76.3 Å². The fourth-order valence-electron chi connectivity index (χ4n) is 7.62. The van der Waals surface area contributed by atoms with Gasteiger partial charge in [-0.15, -0.1) is 11.3 Å². The highest BCUT2D eigenvalue weighted by atomic mass is 35.5. The maximum Gasteiger partial charge on any atom is 0.185 e. The molecule has 5 aliphatic rings.